The molecular formula is C28H35OS+. The van der Waals surface area contributed by atoms with Crippen LogP contribution < -0.4 is 4.74 Å². The van der Waals surface area contributed by atoms with Gasteiger partial charge in [-0.25, -0.2) is 0 Å². The van der Waals surface area contributed by atoms with Gasteiger partial charge in [-0.05, 0) is 68.8 Å². The third-order valence-electron chi connectivity index (χ3n) is 5.34. The third kappa shape index (κ3) is 6.67. The van der Waals surface area contributed by atoms with Crippen molar-refractivity contribution >= 4 is 10.9 Å². The zero-order valence-corrected chi connectivity index (χ0v) is 19.5. The Morgan fingerprint density at radius 3 is 1.50 bits per heavy atom. The van der Waals surface area contributed by atoms with Gasteiger partial charge in [0.15, 0.2) is 14.7 Å². The van der Waals surface area contributed by atoms with Crippen LogP contribution in [0.25, 0.3) is 0 Å². The lowest BCUT2D eigenvalue weighted by Gasteiger charge is -2.10. The van der Waals surface area contributed by atoms with Crippen LogP contribution in [-0.4, -0.2) is 6.61 Å². The Balaban J connectivity index is 1.68. The standard InChI is InChI=1S/C28H35OS/c1-4-5-6-7-8-9-22-29-25-14-20-28(21-15-25)30(26-16-10-23(2)11-17-26)27-18-12-24(3)13-19-27/h10-21H,4-9,22H2,1-3H3/q+1. The molecule has 0 unspecified atom stereocenters. The van der Waals surface area contributed by atoms with Crippen LogP contribution in [0.3, 0.4) is 0 Å². The fourth-order valence-electron chi connectivity index (χ4n) is 3.50. The van der Waals surface area contributed by atoms with E-state index in [9.17, 15) is 0 Å². The molecule has 0 fully saturated rings. The Bertz CT molecular complexity index is 821. The number of hydrogen-bond donors (Lipinski definition) is 0. The van der Waals surface area contributed by atoms with Crippen LogP contribution in [0.1, 0.15) is 56.6 Å². The zero-order chi connectivity index (χ0) is 21.2. The van der Waals surface area contributed by atoms with Crippen LogP contribution in [0, 0.1) is 13.8 Å². The normalized spacial score (nSPS) is 11.1. The van der Waals surface area contributed by atoms with Crippen LogP contribution in [-0.2, 0) is 10.9 Å². The van der Waals surface area contributed by atoms with Gasteiger partial charge in [0.05, 0.1) is 17.5 Å². The van der Waals surface area contributed by atoms with Crippen LogP contribution in [0.2, 0.25) is 0 Å². The second kappa shape index (κ2) is 11.9. The van der Waals surface area contributed by atoms with Crippen LogP contribution in [0.5, 0.6) is 5.75 Å². The molecule has 3 rings (SSSR count). The predicted octanol–water partition coefficient (Wildman–Crippen LogP) is 8.14. The van der Waals surface area contributed by atoms with Crippen molar-refractivity contribution in [3.05, 3.63) is 83.9 Å². The molecule has 0 aliphatic carbocycles. The first-order valence-corrected chi connectivity index (χ1v) is 12.5. The minimum atomic E-state index is -0.107. The van der Waals surface area contributed by atoms with Gasteiger partial charge in [-0.2, -0.15) is 0 Å². The van der Waals surface area contributed by atoms with Crippen molar-refractivity contribution in [2.75, 3.05) is 6.61 Å². The Kier molecular flexibility index (Phi) is 8.89. The van der Waals surface area contributed by atoms with Gasteiger partial charge in [0.1, 0.15) is 5.75 Å². The second-order valence-electron chi connectivity index (χ2n) is 8.02. The molecule has 1 nitrogen and oxygen atoms in total. The van der Waals surface area contributed by atoms with E-state index in [1.165, 1.54) is 57.9 Å². The number of rotatable bonds is 11. The van der Waals surface area contributed by atoms with E-state index in [-0.39, 0.29) is 10.9 Å². The molecule has 0 radical (unpaired) electrons. The molecule has 0 amide bonds. The molecule has 0 spiro atoms. The molecule has 0 atom stereocenters. The molecule has 0 bridgehead atoms. The van der Waals surface area contributed by atoms with E-state index in [0.717, 1.165) is 18.8 Å². The molecule has 30 heavy (non-hydrogen) atoms. The Labute approximate surface area is 185 Å². The quantitative estimate of drug-likeness (QED) is 0.225. The summed E-state index contributed by atoms with van der Waals surface area (Å²) in [4.78, 5) is 4.03. The molecule has 3 aromatic rings. The maximum Gasteiger partial charge on any atom is 0.166 e. The van der Waals surface area contributed by atoms with Gasteiger partial charge in [-0.3, -0.25) is 0 Å². The highest BCUT2D eigenvalue weighted by Crippen LogP contribution is 2.32. The SMILES string of the molecule is CCCCCCCCOc1ccc([S+](c2ccc(C)cc2)c2ccc(C)cc2)cc1. The highest BCUT2D eigenvalue weighted by molar-refractivity contribution is 7.97. The first kappa shape index (κ1) is 22.5. The monoisotopic (exact) mass is 419 g/mol. The maximum absolute atomic E-state index is 5.99. The van der Waals surface area contributed by atoms with E-state index in [1.54, 1.807) is 0 Å². The minimum Gasteiger partial charge on any atom is -0.494 e. The van der Waals surface area contributed by atoms with E-state index in [2.05, 4.69) is 93.6 Å². The largest absolute Gasteiger partial charge is 0.494 e. The van der Waals surface area contributed by atoms with E-state index in [0.29, 0.717) is 0 Å². The lowest BCUT2D eigenvalue weighted by molar-refractivity contribution is 0.304. The topological polar surface area (TPSA) is 9.23 Å². The van der Waals surface area contributed by atoms with Gasteiger partial charge in [-0.15, -0.1) is 0 Å². The second-order valence-corrected chi connectivity index (χ2v) is 10.0. The number of hydrogen-bond acceptors (Lipinski definition) is 1. The molecule has 2 heteroatoms. The summed E-state index contributed by atoms with van der Waals surface area (Å²) in [6, 6.07) is 26.6. The van der Waals surface area contributed by atoms with Crippen LogP contribution in [0.15, 0.2) is 87.5 Å². The highest BCUT2D eigenvalue weighted by Gasteiger charge is 2.28. The molecule has 0 heterocycles. The third-order valence-corrected chi connectivity index (χ3v) is 7.57. The molecule has 158 valence electrons. The number of aryl methyl sites for hydroxylation is 2. The van der Waals surface area contributed by atoms with E-state index in [4.69, 9.17) is 4.74 Å². The van der Waals surface area contributed by atoms with Gasteiger partial charge in [0.25, 0.3) is 0 Å². The average molecular weight is 420 g/mol. The number of unbranched alkanes of at least 4 members (excludes halogenated alkanes) is 5. The molecule has 0 aliphatic rings. The molecule has 3 aromatic carbocycles. The summed E-state index contributed by atoms with van der Waals surface area (Å²) in [6.45, 7) is 7.36. The van der Waals surface area contributed by atoms with E-state index < -0.39 is 0 Å². The molecule has 0 N–H and O–H groups in total. The van der Waals surface area contributed by atoms with Crippen molar-refractivity contribution in [3.63, 3.8) is 0 Å². The minimum absolute atomic E-state index is 0.107. The lowest BCUT2D eigenvalue weighted by Crippen LogP contribution is -2.05. The van der Waals surface area contributed by atoms with Crippen molar-refractivity contribution in [2.24, 2.45) is 0 Å². The Morgan fingerprint density at radius 2 is 1.00 bits per heavy atom. The van der Waals surface area contributed by atoms with Gasteiger partial charge < -0.3 is 4.74 Å². The predicted molar refractivity (Wildman–Crippen MR) is 130 cm³/mol. The fourth-order valence-corrected chi connectivity index (χ4v) is 5.54. The van der Waals surface area contributed by atoms with Crippen LogP contribution >= 0.6 is 0 Å². The summed E-state index contributed by atoms with van der Waals surface area (Å²) in [5.41, 5.74) is 2.59. The van der Waals surface area contributed by atoms with Crippen molar-refractivity contribution in [1.82, 2.24) is 0 Å². The van der Waals surface area contributed by atoms with Gasteiger partial charge in [0.2, 0.25) is 0 Å². The summed E-state index contributed by atoms with van der Waals surface area (Å²) >= 11 is 0. The lowest BCUT2D eigenvalue weighted by atomic mass is 10.1. The summed E-state index contributed by atoms with van der Waals surface area (Å²) < 4.78 is 5.99. The summed E-state index contributed by atoms with van der Waals surface area (Å²) in [6.07, 6.45) is 7.74. The van der Waals surface area contributed by atoms with Gasteiger partial charge in [-0.1, -0.05) is 74.4 Å². The van der Waals surface area contributed by atoms with Crippen molar-refractivity contribution in [3.8, 4) is 5.75 Å². The molecular weight excluding hydrogens is 384 g/mol. The molecule has 0 aliphatic heterocycles. The van der Waals surface area contributed by atoms with Crippen molar-refractivity contribution < 1.29 is 4.74 Å². The molecule has 0 saturated heterocycles. The first-order valence-electron chi connectivity index (χ1n) is 11.3. The number of benzene rings is 3. The average Bonchev–Trinajstić information content (AvgIpc) is 2.77. The maximum atomic E-state index is 5.99. The Hall–Kier alpha value is -2.19. The van der Waals surface area contributed by atoms with E-state index >= 15 is 0 Å². The first-order chi connectivity index (χ1) is 14.7. The fraction of sp³-hybridized carbons (Fsp3) is 0.357. The van der Waals surface area contributed by atoms with Crippen molar-refractivity contribution in [1.29, 1.82) is 0 Å². The summed E-state index contributed by atoms with van der Waals surface area (Å²) in [5.74, 6) is 0.976. The van der Waals surface area contributed by atoms with Crippen LogP contribution in [0.4, 0.5) is 0 Å². The van der Waals surface area contributed by atoms with Crippen molar-refractivity contribution in [2.45, 2.75) is 74.0 Å². The smallest absolute Gasteiger partial charge is 0.166 e. The summed E-state index contributed by atoms with van der Waals surface area (Å²) in [7, 11) is -0.107. The number of ether oxygens (including phenoxy) is 1. The zero-order valence-electron chi connectivity index (χ0n) is 18.7. The summed E-state index contributed by atoms with van der Waals surface area (Å²) in [5, 5.41) is 0. The van der Waals surface area contributed by atoms with Gasteiger partial charge >= 0.3 is 0 Å². The van der Waals surface area contributed by atoms with Gasteiger partial charge in [0, 0.05) is 0 Å². The van der Waals surface area contributed by atoms with E-state index in [1.807, 2.05) is 0 Å². The highest BCUT2D eigenvalue weighted by atomic mass is 32.2. The molecule has 0 saturated carbocycles. The molecule has 0 aromatic heterocycles. The Morgan fingerprint density at radius 1 is 0.567 bits per heavy atom.